The van der Waals surface area contributed by atoms with E-state index in [1.165, 1.54) is 18.4 Å². The predicted molar refractivity (Wildman–Crippen MR) is 68.3 cm³/mol. The lowest BCUT2D eigenvalue weighted by molar-refractivity contribution is 0.504. The maximum Gasteiger partial charge on any atom is 0.279 e. The molecule has 2 rings (SSSR count). The average molecular weight is 275 g/mol. The molecule has 0 aromatic heterocycles. The van der Waals surface area contributed by atoms with Crippen molar-refractivity contribution in [1.29, 1.82) is 0 Å². The summed E-state index contributed by atoms with van der Waals surface area (Å²) in [5.74, 6) is 0.239. The molecule has 0 aliphatic heterocycles. The fourth-order valence-electron chi connectivity index (χ4n) is 1.73. The van der Waals surface area contributed by atoms with Crippen LogP contribution in [0.3, 0.4) is 0 Å². The summed E-state index contributed by atoms with van der Waals surface area (Å²) in [4.78, 5) is 0. The maximum absolute atomic E-state index is 11.6. The molecule has 1 aromatic carbocycles. The van der Waals surface area contributed by atoms with E-state index in [4.69, 9.17) is 11.6 Å². The van der Waals surface area contributed by atoms with Gasteiger partial charge in [0.25, 0.3) is 10.2 Å². The van der Waals surface area contributed by atoms with Gasteiger partial charge in [-0.2, -0.15) is 17.4 Å². The van der Waals surface area contributed by atoms with Gasteiger partial charge in [-0.05, 0) is 24.1 Å². The molecule has 2 atom stereocenters. The Morgan fingerprint density at radius 1 is 1.41 bits per heavy atom. The predicted octanol–water partition coefficient (Wildman–Crippen LogP) is 1.59. The first-order valence-electron chi connectivity index (χ1n) is 5.35. The van der Waals surface area contributed by atoms with Crippen LogP contribution in [-0.2, 0) is 10.2 Å². The minimum atomic E-state index is -3.34. The van der Waals surface area contributed by atoms with Gasteiger partial charge in [0.15, 0.2) is 0 Å². The van der Waals surface area contributed by atoms with Crippen molar-refractivity contribution in [3.8, 4) is 0 Å². The highest BCUT2D eigenvalue weighted by molar-refractivity contribution is 7.87. The summed E-state index contributed by atoms with van der Waals surface area (Å²) < 4.78 is 27.1. The van der Waals surface area contributed by atoms with E-state index in [2.05, 4.69) is 4.72 Å². The SMILES string of the molecule is CN(C)S(=O)(=O)NC1CC1c1cccc(Cl)c1. The van der Waals surface area contributed by atoms with Crippen LogP contribution in [0.5, 0.6) is 0 Å². The third-order valence-electron chi connectivity index (χ3n) is 2.85. The van der Waals surface area contributed by atoms with Gasteiger partial charge in [-0.15, -0.1) is 0 Å². The Morgan fingerprint density at radius 2 is 2.12 bits per heavy atom. The zero-order valence-corrected chi connectivity index (χ0v) is 11.3. The summed E-state index contributed by atoms with van der Waals surface area (Å²) in [6, 6.07) is 7.54. The highest BCUT2D eigenvalue weighted by Crippen LogP contribution is 2.41. The molecule has 6 heteroatoms. The van der Waals surface area contributed by atoms with E-state index >= 15 is 0 Å². The molecule has 1 aliphatic carbocycles. The highest BCUT2D eigenvalue weighted by Gasteiger charge is 2.41. The Kier molecular flexibility index (Phi) is 3.45. The number of hydrogen-bond acceptors (Lipinski definition) is 2. The van der Waals surface area contributed by atoms with Crippen LogP contribution in [0.1, 0.15) is 17.9 Å². The van der Waals surface area contributed by atoms with Crippen LogP contribution in [0, 0.1) is 0 Å². The van der Waals surface area contributed by atoms with Crippen molar-refractivity contribution >= 4 is 21.8 Å². The number of hydrogen-bond donors (Lipinski definition) is 1. The molecule has 1 aliphatic rings. The standard InChI is InChI=1S/C11H15ClN2O2S/c1-14(2)17(15,16)13-11-7-10(11)8-4-3-5-9(12)6-8/h3-6,10-11,13H,7H2,1-2H3. The van der Waals surface area contributed by atoms with Gasteiger partial charge in [0.1, 0.15) is 0 Å². The molecule has 94 valence electrons. The monoisotopic (exact) mass is 274 g/mol. The molecule has 0 radical (unpaired) electrons. The number of nitrogens with zero attached hydrogens (tertiary/aromatic N) is 1. The first-order valence-corrected chi connectivity index (χ1v) is 7.17. The molecule has 4 nitrogen and oxygen atoms in total. The van der Waals surface area contributed by atoms with Crippen molar-refractivity contribution in [1.82, 2.24) is 9.03 Å². The fraction of sp³-hybridized carbons (Fsp3) is 0.455. The molecule has 0 amide bonds. The minimum absolute atomic E-state index is 0.0131. The Labute approximate surface area is 107 Å². The summed E-state index contributed by atoms with van der Waals surface area (Å²) in [6.45, 7) is 0. The van der Waals surface area contributed by atoms with Crippen LogP contribution in [-0.4, -0.2) is 32.9 Å². The summed E-state index contributed by atoms with van der Waals surface area (Å²) in [5.41, 5.74) is 1.09. The Hall–Kier alpha value is -0.620. The van der Waals surface area contributed by atoms with E-state index in [1.54, 1.807) is 0 Å². The van der Waals surface area contributed by atoms with Crippen LogP contribution in [0.2, 0.25) is 5.02 Å². The molecule has 1 saturated carbocycles. The smallest absolute Gasteiger partial charge is 0.198 e. The third kappa shape index (κ3) is 2.98. The Morgan fingerprint density at radius 3 is 2.71 bits per heavy atom. The second-order valence-electron chi connectivity index (χ2n) is 4.41. The maximum atomic E-state index is 11.6. The van der Waals surface area contributed by atoms with Gasteiger partial charge >= 0.3 is 0 Å². The van der Waals surface area contributed by atoms with Crippen LogP contribution in [0.4, 0.5) is 0 Å². The van der Waals surface area contributed by atoms with E-state index < -0.39 is 10.2 Å². The van der Waals surface area contributed by atoms with Gasteiger partial charge in [-0.3, -0.25) is 0 Å². The van der Waals surface area contributed by atoms with E-state index in [9.17, 15) is 8.42 Å². The molecule has 17 heavy (non-hydrogen) atoms. The zero-order chi connectivity index (χ0) is 12.6. The topological polar surface area (TPSA) is 49.4 Å². The van der Waals surface area contributed by atoms with E-state index in [0.29, 0.717) is 5.02 Å². The number of rotatable bonds is 4. The van der Waals surface area contributed by atoms with E-state index in [0.717, 1.165) is 12.0 Å². The lowest BCUT2D eigenvalue weighted by Gasteiger charge is -2.12. The Balaban J connectivity index is 2.02. The summed E-state index contributed by atoms with van der Waals surface area (Å²) >= 11 is 5.90. The zero-order valence-electron chi connectivity index (χ0n) is 9.72. The van der Waals surface area contributed by atoms with Crippen molar-refractivity contribution in [2.45, 2.75) is 18.4 Å². The van der Waals surface area contributed by atoms with Gasteiger partial charge in [-0.25, -0.2) is 0 Å². The van der Waals surface area contributed by atoms with Crippen LogP contribution >= 0.6 is 11.6 Å². The number of halogens is 1. The fourth-order valence-corrected chi connectivity index (χ4v) is 2.78. The first-order chi connectivity index (χ1) is 7.90. The van der Waals surface area contributed by atoms with E-state index in [-0.39, 0.29) is 12.0 Å². The second kappa shape index (κ2) is 4.57. The second-order valence-corrected chi connectivity index (χ2v) is 6.76. The lowest BCUT2D eigenvalue weighted by Crippen LogP contribution is -2.37. The lowest BCUT2D eigenvalue weighted by atomic mass is 10.1. The quantitative estimate of drug-likeness (QED) is 0.907. The Bertz CT molecular complexity index is 516. The molecule has 1 fully saturated rings. The van der Waals surface area contributed by atoms with Crippen molar-refractivity contribution in [2.24, 2.45) is 0 Å². The molecule has 2 unspecified atom stereocenters. The summed E-state index contributed by atoms with van der Waals surface area (Å²) in [5, 5.41) is 0.684. The third-order valence-corrected chi connectivity index (χ3v) is 4.65. The minimum Gasteiger partial charge on any atom is -0.198 e. The van der Waals surface area contributed by atoms with Crippen molar-refractivity contribution in [3.63, 3.8) is 0 Å². The van der Waals surface area contributed by atoms with E-state index in [1.807, 2.05) is 24.3 Å². The largest absolute Gasteiger partial charge is 0.279 e. The van der Waals surface area contributed by atoms with Gasteiger partial charge in [0.2, 0.25) is 0 Å². The molecular formula is C11H15ClN2O2S. The van der Waals surface area contributed by atoms with Gasteiger partial charge in [0, 0.05) is 31.1 Å². The molecular weight excluding hydrogens is 260 g/mol. The molecule has 0 heterocycles. The number of nitrogens with one attached hydrogen (secondary N) is 1. The molecule has 1 N–H and O–H groups in total. The molecule has 1 aromatic rings. The number of benzene rings is 1. The molecule has 0 spiro atoms. The van der Waals surface area contributed by atoms with Crippen LogP contribution < -0.4 is 4.72 Å². The highest BCUT2D eigenvalue weighted by atomic mass is 35.5. The first kappa shape index (κ1) is 12.8. The summed E-state index contributed by atoms with van der Waals surface area (Å²) in [7, 11) is -0.310. The van der Waals surface area contributed by atoms with Gasteiger partial charge < -0.3 is 0 Å². The van der Waals surface area contributed by atoms with Crippen LogP contribution in [0.25, 0.3) is 0 Å². The molecule has 0 bridgehead atoms. The normalized spacial score (nSPS) is 24.0. The average Bonchev–Trinajstić information content (AvgIpc) is 2.96. The van der Waals surface area contributed by atoms with Gasteiger partial charge in [0.05, 0.1) is 0 Å². The van der Waals surface area contributed by atoms with Gasteiger partial charge in [-0.1, -0.05) is 23.7 Å². The molecule has 0 saturated heterocycles. The van der Waals surface area contributed by atoms with Crippen molar-refractivity contribution in [2.75, 3.05) is 14.1 Å². The van der Waals surface area contributed by atoms with Crippen LogP contribution in [0.15, 0.2) is 24.3 Å². The van der Waals surface area contributed by atoms with Crippen molar-refractivity contribution < 1.29 is 8.42 Å². The summed E-state index contributed by atoms with van der Waals surface area (Å²) in [6.07, 6.45) is 0.827. The van der Waals surface area contributed by atoms with Crippen molar-refractivity contribution in [3.05, 3.63) is 34.9 Å².